The summed E-state index contributed by atoms with van der Waals surface area (Å²) < 4.78 is 35.8. The Balaban J connectivity index is 0.00000336. The van der Waals surface area contributed by atoms with Crippen LogP contribution in [0.2, 0.25) is 0 Å². The van der Waals surface area contributed by atoms with Gasteiger partial charge in [-0.2, -0.15) is 0 Å². The minimum atomic E-state index is -3.68. The van der Waals surface area contributed by atoms with Gasteiger partial charge in [0.2, 0.25) is 15.9 Å². The highest BCUT2D eigenvalue weighted by atomic mass is 32.2. The van der Waals surface area contributed by atoms with E-state index in [2.05, 4.69) is 31.2 Å². The van der Waals surface area contributed by atoms with E-state index in [1.165, 1.54) is 36.8 Å². The number of piperazine rings is 1. The SMILES string of the molecule is COc1ccc2c(c1)C1CC1(C(=O)N1CCN3CCC[C@H]3C1)Cn1c-2c(C2CCCCC2)c2ccc(C(=O)NS(=O)(=O)C3CC3)cc21.[HH]. The van der Waals surface area contributed by atoms with E-state index in [0.29, 0.717) is 36.9 Å². The average molecular weight is 659 g/mol. The van der Waals surface area contributed by atoms with Crippen LogP contribution in [0.4, 0.5) is 0 Å². The molecule has 0 spiro atoms. The number of methoxy groups -OCH3 is 1. The van der Waals surface area contributed by atoms with Crippen molar-refractivity contribution in [2.75, 3.05) is 33.3 Å². The van der Waals surface area contributed by atoms with Gasteiger partial charge in [0, 0.05) is 61.6 Å². The number of hydrogen-bond donors (Lipinski definition) is 1. The maximum atomic E-state index is 14.8. The van der Waals surface area contributed by atoms with E-state index in [-0.39, 0.29) is 13.3 Å². The molecule has 9 nitrogen and oxygen atoms in total. The number of carbonyl (C=O) groups excluding carboxylic acids is 2. The molecule has 2 saturated heterocycles. The van der Waals surface area contributed by atoms with Crippen LogP contribution in [-0.4, -0.2) is 79.2 Å². The molecule has 1 aromatic heterocycles. The molecule has 2 unspecified atom stereocenters. The van der Waals surface area contributed by atoms with Crippen LogP contribution >= 0.6 is 0 Å². The van der Waals surface area contributed by atoms with Gasteiger partial charge in [-0.1, -0.05) is 25.3 Å². The molecule has 250 valence electrons. The van der Waals surface area contributed by atoms with E-state index in [1.807, 2.05) is 18.2 Å². The second-order valence-electron chi connectivity index (χ2n) is 15.0. The molecule has 3 atom stereocenters. The third-order valence-electron chi connectivity index (χ3n) is 12.3. The van der Waals surface area contributed by atoms with Crippen LogP contribution in [0.3, 0.4) is 0 Å². The van der Waals surface area contributed by atoms with Crippen molar-refractivity contribution in [1.82, 2.24) is 19.1 Å². The third kappa shape index (κ3) is 4.76. The Morgan fingerprint density at radius 1 is 0.957 bits per heavy atom. The number of amides is 2. The van der Waals surface area contributed by atoms with E-state index in [9.17, 15) is 18.0 Å². The van der Waals surface area contributed by atoms with Gasteiger partial charge in [0.25, 0.3) is 5.91 Å². The lowest BCUT2D eigenvalue weighted by Crippen LogP contribution is -2.54. The van der Waals surface area contributed by atoms with Crippen molar-refractivity contribution in [2.24, 2.45) is 5.41 Å². The molecular weight excluding hydrogens is 612 g/mol. The van der Waals surface area contributed by atoms with Crippen LogP contribution in [0.25, 0.3) is 22.2 Å². The van der Waals surface area contributed by atoms with Gasteiger partial charge in [-0.3, -0.25) is 14.5 Å². The Kier molecular flexibility index (Phi) is 6.85. The quantitative estimate of drug-likeness (QED) is 0.369. The van der Waals surface area contributed by atoms with Crippen LogP contribution in [0.5, 0.6) is 5.75 Å². The van der Waals surface area contributed by atoms with Crippen molar-refractivity contribution >= 4 is 32.7 Å². The van der Waals surface area contributed by atoms with Crippen molar-refractivity contribution in [2.45, 2.75) is 93.9 Å². The van der Waals surface area contributed by atoms with Gasteiger partial charge in [-0.05, 0) is 98.9 Å². The number of hydrogen-bond acceptors (Lipinski definition) is 6. The first-order valence-electron chi connectivity index (χ1n) is 17.7. The Morgan fingerprint density at radius 3 is 2.57 bits per heavy atom. The zero-order valence-corrected chi connectivity index (χ0v) is 28.0. The van der Waals surface area contributed by atoms with E-state index in [1.54, 1.807) is 13.2 Å². The average Bonchev–Trinajstić information content (AvgIpc) is 4.00. The molecule has 10 heteroatoms. The lowest BCUT2D eigenvalue weighted by molar-refractivity contribution is -0.140. The van der Waals surface area contributed by atoms with Crippen molar-refractivity contribution < 1.29 is 24.2 Å². The predicted octanol–water partition coefficient (Wildman–Crippen LogP) is 5.63. The molecule has 2 amide bonds. The van der Waals surface area contributed by atoms with E-state index in [4.69, 9.17) is 4.74 Å². The number of carbonyl (C=O) groups is 2. The Bertz CT molecular complexity index is 1920. The van der Waals surface area contributed by atoms with Crippen molar-refractivity contribution in [3.05, 3.63) is 53.1 Å². The molecule has 4 heterocycles. The largest absolute Gasteiger partial charge is 0.497 e. The predicted molar refractivity (Wildman–Crippen MR) is 182 cm³/mol. The fraction of sp³-hybridized carbons (Fsp3) is 0.568. The highest BCUT2D eigenvalue weighted by Crippen LogP contribution is 2.66. The zero-order valence-electron chi connectivity index (χ0n) is 27.2. The minimum Gasteiger partial charge on any atom is -0.497 e. The number of rotatable bonds is 6. The highest BCUT2D eigenvalue weighted by Gasteiger charge is 2.64. The molecule has 3 aliphatic carbocycles. The van der Waals surface area contributed by atoms with Crippen LogP contribution in [0, 0.1) is 5.41 Å². The number of sulfonamides is 1. The van der Waals surface area contributed by atoms with Gasteiger partial charge in [-0.25, -0.2) is 13.1 Å². The van der Waals surface area contributed by atoms with Gasteiger partial charge < -0.3 is 14.2 Å². The topological polar surface area (TPSA) is 101 Å². The summed E-state index contributed by atoms with van der Waals surface area (Å²) in [6, 6.07) is 12.5. The van der Waals surface area contributed by atoms with Crippen LogP contribution in [-0.2, 0) is 21.4 Å². The van der Waals surface area contributed by atoms with E-state index >= 15 is 0 Å². The number of benzene rings is 2. The first kappa shape index (κ1) is 29.7. The number of nitrogens with one attached hydrogen (secondary N) is 1. The minimum absolute atomic E-state index is 0. The fourth-order valence-corrected chi connectivity index (χ4v) is 10.9. The van der Waals surface area contributed by atoms with Crippen molar-refractivity contribution in [3.8, 4) is 17.0 Å². The molecule has 3 aromatic rings. The molecule has 5 fully saturated rings. The second kappa shape index (κ2) is 10.8. The smallest absolute Gasteiger partial charge is 0.264 e. The maximum Gasteiger partial charge on any atom is 0.264 e. The van der Waals surface area contributed by atoms with E-state index < -0.39 is 26.6 Å². The standard InChI is InChI=1S/C37H44N4O5S.H2/c1-46-26-10-14-28-30(19-26)31-20-37(31,36(43)40-17-16-39-15-5-8-25(39)21-40)22-41-32-18-24(35(42)38-47(44,45)27-11-12-27)9-13-29(32)33(34(28)41)23-6-3-2-4-7-23;/h9-10,13-14,18-19,23,25,27,31H,2-8,11-12,15-17,20-22H2,1H3,(H,38,42);1H/t25-,31?,37?;/m0./s1. The summed E-state index contributed by atoms with van der Waals surface area (Å²) >= 11 is 0. The third-order valence-corrected chi connectivity index (χ3v) is 14.1. The molecule has 2 aromatic carbocycles. The molecule has 0 radical (unpaired) electrons. The number of fused-ring (bicyclic) bond motifs is 8. The number of aromatic nitrogens is 1. The number of ether oxygens (including phenoxy) is 1. The summed E-state index contributed by atoms with van der Waals surface area (Å²) in [7, 11) is -1.98. The highest BCUT2D eigenvalue weighted by molar-refractivity contribution is 7.91. The van der Waals surface area contributed by atoms with Crippen molar-refractivity contribution in [3.63, 3.8) is 0 Å². The molecule has 3 saturated carbocycles. The van der Waals surface area contributed by atoms with Gasteiger partial charge in [0.15, 0.2) is 0 Å². The lowest BCUT2D eigenvalue weighted by atomic mass is 9.81. The zero-order chi connectivity index (χ0) is 32.1. The molecular formula is C37H46N4O5S. The summed E-state index contributed by atoms with van der Waals surface area (Å²) in [6.45, 7) is 4.18. The molecule has 1 N–H and O–H groups in total. The molecule has 6 aliphatic rings. The van der Waals surface area contributed by atoms with Gasteiger partial charge >= 0.3 is 0 Å². The van der Waals surface area contributed by atoms with Crippen LogP contribution in [0.1, 0.15) is 99.0 Å². The molecule has 0 bridgehead atoms. The Hall–Kier alpha value is -3.37. The van der Waals surface area contributed by atoms with Gasteiger partial charge in [0.1, 0.15) is 5.75 Å². The maximum absolute atomic E-state index is 14.8. The summed E-state index contributed by atoms with van der Waals surface area (Å²) in [6.07, 6.45) is 10.2. The molecule has 3 aliphatic heterocycles. The second-order valence-corrected chi connectivity index (χ2v) is 17.0. The summed E-state index contributed by atoms with van der Waals surface area (Å²) in [4.78, 5) is 32.9. The Morgan fingerprint density at radius 2 is 1.79 bits per heavy atom. The summed E-state index contributed by atoms with van der Waals surface area (Å²) in [5.74, 6) is 0.934. The van der Waals surface area contributed by atoms with Crippen LogP contribution < -0.4 is 9.46 Å². The molecule has 9 rings (SSSR count). The van der Waals surface area contributed by atoms with Crippen molar-refractivity contribution in [1.29, 1.82) is 0 Å². The monoisotopic (exact) mass is 658 g/mol. The Labute approximate surface area is 278 Å². The van der Waals surface area contributed by atoms with E-state index in [0.717, 1.165) is 79.8 Å². The normalized spacial score (nSPS) is 27.4. The first-order chi connectivity index (χ1) is 22.8. The fourth-order valence-electron chi connectivity index (χ4n) is 9.56. The lowest BCUT2D eigenvalue weighted by Gasteiger charge is -2.39. The van der Waals surface area contributed by atoms with Gasteiger partial charge in [0.05, 0.1) is 23.5 Å². The van der Waals surface area contributed by atoms with Gasteiger partial charge in [-0.15, -0.1) is 0 Å². The first-order valence-corrected chi connectivity index (χ1v) is 19.3. The summed E-state index contributed by atoms with van der Waals surface area (Å²) in [5, 5.41) is 0.631. The molecule has 47 heavy (non-hydrogen) atoms. The summed E-state index contributed by atoms with van der Waals surface area (Å²) in [5.41, 5.74) is 5.49. The van der Waals surface area contributed by atoms with Crippen LogP contribution in [0.15, 0.2) is 36.4 Å². The number of nitrogens with zero attached hydrogens (tertiary/aromatic N) is 3.